The monoisotopic (exact) mass is 209 g/mol. The van der Waals surface area contributed by atoms with Crippen LogP contribution in [0.3, 0.4) is 0 Å². The Bertz CT molecular complexity index is 336. The largest absolute Gasteiger partial charge is 0.508 e. The smallest absolute Gasteiger partial charge is 0.120 e. The Morgan fingerprint density at radius 2 is 1.87 bits per heavy atom. The number of aromatic hydroxyl groups is 1. The number of rotatable bonds is 3. The highest BCUT2D eigenvalue weighted by atomic mass is 16.3. The van der Waals surface area contributed by atoms with E-state index in [0.29, 0.717) is 5.56 Å². The highest BCUT2D eigenvalue weighted by molar-refractivity contribution is 5.38. The van der Waals surface area contributed by atoms with Gasteiger partial charge in [-0.25, -0.2) is 0 Å². The molecule has 0 fully saturated rings. The minimum Gasteiger partial charge on any atom is -0.508 e. The van der Waals surface area contributed by atoms with Crippen LogP contribution in [0.2, 0.25) is 0 Å². The van der Waals surface area contributed by atoms with Crippen LogP contribution in [0.25, 0.3) is 0 Å². The van der Waals surface area contributed by atoms with E-state index in [4.69, 9.17) is 5.73 Å². The fourth-order valence-electron chi connectivity index (χ4n) is 1.53. The lowest BCUT2D eigenvalue weighted by atomic mass is 9.93. The highest BCUT2D eigenvalue weighted by Crippen LogP contribution is 2.27. The average Bonchev–Trinajstić information content (AvgIpc) is 2.15. The van der Waals surface area contributed by atoms with E-state index in [0.717, 1.165) is 5.56 Å². The Morgan fingerprint density at radius 3 is 2.33 bits per heavy atom. The summed E-state index contributed by atoms with van der Waals surface area (Å²) in [4.78, 5) is 0. The molecule has 1 aromatic carbocycles. The Hall–Kier alpha value is -1.06. The normalized spacial score (nSPS) is 15.3. The molecule has 0 aromatic heterocycles. The lowest BCUT2D eigenvalue weighted by Gasteiger charge is -2.23. The number of aryl methyl sites for hydroxylation is 1. The van der Waals surface area contributed by atoms with Crippen LogP contribution in [-0.4, -0.2) is 16.3 Å². The van der Waals surface area contributed by atoms with E-state index >= 15 is 0 Å². The van der Waals surface area contributed by atoms with E-state index in [-0.39, 0.29) is 11.7 Å². The average molecular weight is 209 g/mol. The van der Waals surface area contributed by atoms with E-state index in [1.165, 1.54) is 0 Å². The summed E-state index contributed by atoms with van der Waals surface area (Å²) in [6, 6.07) is 4.76. The number of aliphatic hydroxyl groups is 1. The molecule has 84 valence electrons. The van der Waals surface area contributed by atoms with Gasteiger partial charge < -0.3 is 15.9 Å². The zero-order valence-corrected chi connectivity index (χ0v) is 9.44. The molecule has 1 aromatic rings. The number of benzene rings is 1. The predicted octanol–water partition coefficient (Wildman–Crippen LogP) is 1.72. The molecule has 0 radical (unpaired) electrons. The molecule has 0 saturated carbocycles. The molecule has 0 spiro atoms. The molecule has 0 bridgehead atoms. The minimum atomic E-state index is -0.640. The second-order valence-corrected chi connectivity index (χ2v) is 4.32. The molecule has 0 aliphatic heterocycles. The lowest BCUT2D eigenvalue weighted by molar-refractivity contribution is 0.0970. The Morgan fingerprint density at radius 1 is 1.27 bits per heavy atom. The molecule has 3 heteroatoms. The second-order valence-electron chi connectivity index (χ2n) is 4.32. The van der Waals surface area contributed by atoms with Crippen molar-refractivity contribution >= 4 is 0 Å². The Balaban J connectivity index is 2.96. The van der Waals surface area contributed by atoms with Gasteiger partial charge in [-0.1, -0.05) is 26.0 Å². The first-order valence-corrected chi connectivity index (χ1v) is 5.16. The predicted molar refractivity (Wildman–Crippen MR) is 60.6 cm³/mol. The third-order valence-electron chi connectivity index (χ3n) is 2.60. The molecule has 1 rings (SSSR count). The molecule has 15 heavy (non-hydrogen) atoms. The van der Waals surface area contributed by atoms with E-state index in [9.17, 15) is 10.2 Å². The minimum absolute atomic E-state index is 0.0701. The van der Waals surface area contributed by atoms with Crippen molar-refractivity contribution in [3.8, 4) is 5.75 Å². The summed E-state index contributed by atoms with van der Waals surface area (Å²) in [6.07, 6.45) is -0.640. The zero-order valence-electron chi connectivity index (χ0n) is 9.44. The third kappa shape index (κ3) is 2.70. The van der Waals surface area contributed by atoms with Gasteiger partial charge in [0.25, 0.3) is 0 Å². The van der Waals surface area contributed by atoms with Gasteiger partial charge in [-0.05, 0) is 24.5 Å². The number of nitrogens with two attached hydrogens (primary N) is 1. The summed E-state index contributed by atoms with van der Waals surface area (Å²) in [5, 5.41) is 19.5. The fourth-order valence-corrected chi connectivity index (χ4v) is 1.53. The maximum Gasteiger partial charge on any atom is 0.120 e. The number of hydrogen-bond acceptors (Lipinski definition) is 3. The van der Waals surface area contributed by atoms with Crippen molar-refractivity contribution < 1.29 is 10.2 Å². The number of phenolic OH excluding ortho intramolecular Hbond substituents is 1. The van der Waals surface area contributed by atoms with Crippen LogP contribution in [0.15, 0.2) is 18.2 Å². The summed E-state index contributed by atoms with van der Waals surface area (Å²) in [6.45, 7) is 5.69. The van der Waals surface area contributed by atoms with E-state index < -0.39 is 12.1 Å². The molecule has 0 heterocycles. The Labute approximate surface area is 90.5 Å². The summed E-state index contributed by atoms with van der Waals surface area (Å²) < 4.78 is 0. The summed E-state index contributed by atoms with van der Waals surface area (Å²) in [5.74, 6) is 0.225. The maximum atomic E-state index is 9.81. The standard InChI is InChI=1S/C12H19NO2/c1-7(2)12(15)11(13)9-5-4-8(3)6-10(9)14/h4-7,11-12,14-15H,13H2,1-3H3/t11-,12+/m1/s1. The van der Waals surface area contributed by atoms with Gasteiger partial charge in [-0.3, -0.25) is 0 Å². The van der Waals surface area contributed by atoms with Crippen molar-refractivity contribution in [1.29, 1.82) is 0 Å². The fraction of sp³-hybridized carbons (Fsp3) is 0.500. The molecule has 0 unspecified atom stereocenters. The van der Waals surface area contributed by atoms with Crippen LogP contribution in [0.1, 0.15) is 31.0 Å². The van der Waals surface area contributed by atoms with Gasteiger partial charge in [0.2, 0.25) is 0 Å². The zero-order chi connectivity index (χ0) is 11.6. The van der Waals surface area contributed by atoms with Crippen LogP contribution >= 0.6 is 0 Å². The third-order valence-corrected chi connectivity index (χ3v) is 2.60. The van der Waals surface area contributed by atoms with Crippen LogP contribution in [0.5, 0.6) is 5.75 Å². The second kappa shape index (κ2) is 4.64. The van der Waals surface area contributed by atoms with Crippen molar-refractivity contribution in [1.82, 2.24) is 0 Å². The highest BCUT2D eigenvalue weighted by Gasteiger charge is 2.22. The number of hydrogen-bond donors (Lipinski definition) is 3. The summed E-state index contributed by atoms with van der Waals surface area (Å²) >= 11 is 0. The van der Waals surface area contributed by atoms with E-state index in [1.54, 1.807) is 12.1 Å². The topological polar surface area (TPSA) is 66.5 Å². The molecule has 3 nitrogen and oxygen atoms in total. The van der Waals surface area contributed by atoms with Crippen molar-refractivity contribution in [2.45, 2.75) is 32.9 Å². The number of phenols is 1. The first kappa shape index (κ1) is 12.0. The molecule has 4 N–H and O–H groups in total. The Kier molecular flexibility index (Phi) is 3.72. The van der Waals surface area contributed by atoms with Crippen molar-refractivity contribution in [2.75, 3.05) is 0 Å². The van der Waals surface area contributed by atoms with Crippen LogP contribution < -0.4 is 5.73 Å². The van der Waals surface area contributed by atoms with Gasteiger partial charge in [0, 0.05) is 5.56 Å². The lowest BCUT2D eigenvalue weighted by Crippen LogP contribution is -2.30. The SMILES string of the molecule is Cc1ccc([C@@H](N)[C@@H](O)C(C)C)c(O)c1. The molecular weight excluding hydrogens is 190 g/mol. The molecule has 0 aliphatic carbocycles. The van der Waals surface area contributed by atoms with Gasteiger partial charge >= 0.3 is 0 Å². The molecule has 2 atom stereocenters. The van der Waals surface area contributed by atoms with Gasteiger partial charge in [-0.2, -0.15) is 0 Å². The quantitative estimate of drug-likeness (QED) is 0.710. The van der Waals surface area contributed by atoms with Crippen LogP contribution in [0, 0.1) is 12.8 Å². The van der Waals surface area contributed by atoms with E-state index in [1.807, 2.05) is 26.8 Å². The molecular formula is C12H19NO2. The van der Waals surface area contributed by atoms with Gasteiger partial charge in [0.15, 0.2) is 0 Å². The van der Waals surface area contributed by atoms with Crippen LogP contribution in [-0.2, 0) is 0 Å². The van der Waals surface area contributed by atoms with Gasteiger partial charge in [0.05, 0.1) is 12.1 Å². The summed E-state index contributed by atoms with van der Waals surface area (Å²) in [7, 11) is 0. The first-order valence-electron chi connectivity index (χ1n) is 5.16. The molecule has 0 amide bonds. The van der Waals surface area contributed by atoms with Gasteiger partial charge in [0.1, 0.15) is 5.75 Å². The number of aliphatic hydroxyl groups excluding tert-OH is 1. The van der Waals surface area contributed by atoms with Crippen molar-refractivity contribution in [3.05, 3.63) is 29.3 Å². The molecule has 0 saturated heterocycles. The van der Waals surface area contributed by atoms with Gasteiger partial charge in [-0.15, -0.1) is 0 Å². The van der Waals surface area contributed by atoms with Crippen LogP contribution in [0.4, 0.5) is 0 Å². The summed E-state index contributed by atoms with van der Waals surface area (Å²) in [5.41, 5.74) is 7.45. The van der Waals surface area contributed by atoms with Crippen molar-refractivity contribution in [3.63, 3.8) is 0 Å². The first-order chi connectivity index (χ1) is 6.93. The van der Waals surface area contributed by atoms with Crippen molar-refractivity contribution in [2.24, 2.45) is 11.7 Å². The maximum absolute atomic E-state index is 9.81. The molecule has 0 aliphatic rings. The van der Waals surface area contributed by atoms with E-state index in [2.05, 4.69) is 0 Å².